The van der Waals surface area contributed by atoms with Crippen molar-refractivity contribution >= 4 is 12.1 Å². The molecule has 2 aromatic rings. The van der Waals surface area contributed by atoms with Crippen molar-refractivity contribution in [2.45, 2.75) is 38.1 Å². The van der Waals surface area contributed by atoms with Crippen LogP contribution in [0.15, 0.2) is 60.7 Å². The number of allylic oxidation sites excluding steroid dienone is 1. The van der Waals surface area contributed by atoms with Gasteiger partial charge in [0, 0.05) is 5.92 Å². The number of hydrogen-bond acceptors (Lipinski definition) is 3. The van der Waals surface area contributed by atoms with Crippen molar-refractivity contribution in [2.24, 2.45) is 0 Å². The number of unbranched alkanes of at least 4 members (excludes halogenated alkanes) is 1. The molecule has 0 fully saturated rings. The third-order valence-electron chi connectivity index (χ3n) is 4.87. The lowest BCUT2D eigenvalue weighted by molar-refractivity contribution is -0.137. The van der Waals surface area contributed by atoms with Crippen molar-refractivity contribution in [1.82, 2.24) is 5.32 Å². The molecule has 2 aromatic carbocycles. The van der Waals surface area contributed by atoms with Crippen LogP contribution in [0.1, 0.15) is 43.2 Å². The van der Waals surface area contributed by atoms with Gasteiger partial charge in [0.15, 0.2) is 0 Å². The van der Waals surface area contributed by atoms with E-state index in [-0.39, 0.29) is 18.9 Å². The molecule has 0 heterocycles. The molecule has 1 amide bonds. The lowest BCUT2D eigenvalue weighted by Gasteiger charge is -2.17. The fourth-order valence-electron chi connectivity index (χ4n) is 3.57. The van der Waals surface area contributed by atoms with Gasteiger partial charge in [-0.2, -0.15) is 0 Å². The van der Waals surface area contributed by atoms with Crippen LogP contribution in [0.4, 0.5) is 4.79 Å². The van der Waals surface area contributed by atoms with E-state index < -0.39 is 18.1 Å². The number of aliphatic carboxylic acids is 1. The average Bonchev–Trinajstić information content (AvgIpc) is 3.00. The molecule has 2 N–H and O–H groups in total. The molecule has 1 aliphatic rings. The maximum atomic E-state index is 12.3. The van der Waals surface area contributed by atoms with E-state index >= 15 is 0 Å². The fraction of sp³-hybridized carbons (Fsp3) is 0.304. The van der Waals surface area contributed by atoms with Crippen LogP contribution < -0.4 is 5.32 Å². The SMILES string of the molecule is CCC/C=C/C(CC(=O)O)NC(=O)OCC1c2ccccc2-c2ccccc21. The van der Waals surface area contributed by atoms with Crippen LogP contribution in [0.25, 0.3) is 11.1 Å². The number of hydrogen-bond donors (Lipinski definition) is 2. The number of carboxylic acids is 1. The Morgan fingerprint density at radius 2 is 1.71 bits per heavy atom. The van der Waals surface area contributed by atoms with Crippen LogP contribution in [0.2, 0.25) is 0 Å². The molecule has 0 spiro atoms. The van der Waals surface area contributed by atoms with E-state index in [1.807, 2.05) is 37.3 Å². The Bertz CT molecular complexity index is 829. The molecule has 3 rings (SSSR count). The number of nitrogens with one attached hydrogen (secondary N) is 1. The molecule has 5 nitrogen and oxygen atoms in total. The standard InChI is InChI=1S/C23H25NO4/c1-2-3-4-9-16(14-22(25)26)24-23(27)28-15-21-19-12-7-5-10-17(19)18-11-6-8-13-20(18)21/h4-13,16,21H,2-3,14-15H2,1H3,(H,24,27)(H,25,26)/b9-4+. The number of ether oxygens (including phenoxy) is 1. The van der Waals surface area contributed by atoms with E-state index in [9.17, 15) is 9.59 Å². The predicted octanol–water partition coefficient (Wildman–Crippen LogP) is 4.72. The molecule has 5 heteroatoms. The summed E-state index contributed by atoms with van der Waals surface area (Å²) in [6, 6.07) is 15.7. The number of fused-ring (bicyclic) bond motifs is 3. The van der Waals surface area contributed by atoms with Crippen LogP contribution in [-0.4, -0.2) is 29.8 Å². The smallest absolute Gasteiger partial charge is 0.407 e. The zero-order valence-corrected chi connectivity index (χ0v) is 15.9. The maximum absolute atomic E-state index is 12.3. The van der Waals surface area contributed by atoms with Gasteiger partial charge in [-0.3, -0.25) is 4.79 Å². The average molecular weight is 379 g/mol. The molecule has 1 aliphatic carbocycles. The Labute approximate surface area is 165 Å². The van der Waals surface area contributed by atoms with Gasteiger partial charge in [-0.05, 0) is 28.7 Å². The van der Waals surface area contributed by atoms with E-state index in [1.165, 1.54) is 11.1 Å². The molecular formula is C23H25NO4. The molecule has 1 unspecified atom stereocenters. The molecule has 0 saturated carbocycles. The summed E-state index contributed by atoms with van der Waals surface area (Å²) in [5, 5.41) is 11.7. The lowest BCUT2D eigenvalue weighted by Crippen LogP contribution is -2.36. The number of benzene rings is 2. The van der Waals surface area contributed by atoms with Crippen molar-refractivity contribution < 1.29 is 19.4 Å². The topological polar surface area (TPSA) is 75.6 Å². The van der Waals surface area contributed by atoms with Crippen LogP contribution in [0.3, 0.4) is 0 Å². The van der Waals surface area contributed by atoms with Gasteiger partial charge in [-0.1, -0.05) is 74.0 Å². The van der Waals surface area contributed by atoms with Gasteiger partial charge in [0.1, 0.15) is 6.61 Å². The number of rotatable bonds is 8. The third kappa shape index (κ3) is 4.60. The Hall–Kier alpha value is -3.08. The number of carbonyl (C=O) groups is 2. The summed E-state index contributed by atoms with van der Waals surface area (Å²) in [5.74, 6) is -0.989. The van der Waals surface area contributed by atoms with Crippen LogP contribution in [-0.2, 0) is 9.53 Å². The van der Waals surface area contributed by atoms with E-state index in [0.717, 1.165) is 24.0 Å². The molecule has 0 aliphatic heterocycles. The van der Waals surface area contributed by atoms with E-state index in [0.29, 0.717) is 0 Å². The number of carboxylic acid groups (broad SMARTS) is 1. The quantitative estimate of drug-likeness (QED) is 0.651. The first-order valence-electron chi connectivity index (χ1n) is 9.60. The summed E-state index contributed by atoms with van der Waals surface area (Å²) in [4.78, 5) is 23.3. The first-order valence-corrected chi connectivity index (χ1v) is 9.60. The second-order valence-corrected chi connectivity index (χ2v) is 6.89. The second-order valence-electron chi connectivity index (χ2n) is 6.89. The van der Waals surface area contributed by atoms with Crippen molar-refractivity contribution in [3.63, 3.8) is 0 Å². The minimum absolute atomic E-state index is 0.0216. The van der Waals surface area contributed by atoms with Gasteiger partial charge in [0.05, 0.1) is 12.5 Å². The van der Waals surface area contributed by atoms with Crippen molar-refractivity contribution in [3.8, 4) is 11.1 Å². The molecule has 28 heavy (non-hydrogen) atoms. The molecule has 146 valence electrons. The van der Waals surface area contributed by atoms with Gasteiger partial charge in [0.25, 0.3) is 0 Å². The third-order valence-corrected chi connectivity index (χ3v) is 4.87. The van der Waals surface area contributed by atoms with Crippen molar-refractivity contribution in [3.05, 3.63) is 71.8 Å². The Morgan fingerprint density at radius 3 is 2.29 bits per heavy atom. The number of carbonyl (C=O) groups excluding carboxylic acids is 1. The maximum Gasteiger partial charge on any atom is 0.407 e. The minimum Gasteiger partial charge on any atom is -0.481 e. The molecular weight excluding hydrogens is 354 g/mol. The number of alkyl carbamates (subject to hydrolysis) is 1. The highest BCUT2D eigenvalue weighted by atomic mass is 16.5. The molecule has 0 aromatic heterocycles. The summed E-state index contributed by atoms with van der Waals surface area (Å²) in [6.07, 6.45) is 4.62. The molecule has 1 atom stereocenters. The second kappa shape index (κ2) is 9.22. The largest absolute Gasteiger partial charge is 0.481 e. The van der Waals surface area contributed by atoms with Gasteiger partial charge < -0.3 is 15.2 Å². The van der Waals surface area contributed by atoms with E-state index in [4.69, 9.17) is 9.84 Å². The van der Waals surface area contributed by atoms with E-state index in [2.05, 4.69) is 29.6 Å². The van der Waals surface area contributed by atoms with Gasteiger partial charge in [-0.15, -0.1) is 0 Å². The highest BCUT2D eigenvalue weighted by molar-refractivity contribution is 5.79. The fourth-order valence-corrected chi connectivity index (χ4v) is 3.57. The van der Waals surface area contributed by atoms with E-state index in [1.54, 1.807) is 6.08 Å². The Kier molecular flexibility index (Phi) is 6.48. The Morgan fingerprint density at radius 1 is 1.11 bits per heavy atom. The number of amides is 1. The zero-order chi connectivity index (χ0) is 19.9. The summed E-state index contributed by atoms with van der Waals surface area (Å²) in [6.45, 7) is 2.24. The lowest BCUT2D eigenvalue weighted by atomic mass is 9.98. The zero-order valence-electron chi connectivity index (χ0n) is 15.9. The van der Waals surface area contributed by atoms with Crippen molar-refractivity contribution in [2.75, 3.05) is 6.61 Å². The summed E-state index contributed by atoms with van der Waals surface area (Å²) in [7, 11) is 0. The monoisotopic (exact) mass is 379 g/mol. The van der Waals surface area contributed by atoms with Gasteiger partial charge in [-0.25, -0.2) is 4.79 Å². The first-order chi connectivity index (χ1) is 13.6. The van der Waals surface area contributed by atoms with Gasteiger partial charge >= 0.3 is 12.1 Å². The summed E-state index contributed by atoms with van der Waals surface area (Å²) >= 11 is 0. The molecule has 0 saturated heterocycles. The van der Waals surface area contributed by atoms with Crippen LogP contribution >= 0.6 is 0 Å². The highest BCUT2D eigenvalue weighted by Gasteiger charge is 2.29. The first kappa shape index (κ1) is 19.7. The summed E-state index contributed by atoms with van der Waals surface area (Å²) < 4.78 is 5.48. The highest BCUT2D eigenvalue weighted by Crippen LogP contribution is 2.44. The normalized spacial score (nSPS) is 13.8. The summed E-state index contributed by atoms with van der Waals surface area (Å²) in [5.41, 5.74) is 4.61. The van der Waals surface area contributed by atoms with Crippen molar-refractivity contribution in [1.29, 1.82) is 0 Å². The molecule has 0 radical (unpaired) electrons. The van der Waals surface area contributed by atoms with Gasteiger partial charge in [0.2, 0.25) is 0 Å². The predicted molar refractivity (Wildman–Crippen MR) is 108 cm³/mol. The van der Waals surface area contributed by atoms with Crippen LogP contribution in [0, 0.1) is 0 Å². The minimum atomic E-state index is -0.968. The Balaban J connectivity index is 1.66. The molecule has 0 bridgehead atoms. The van der Waals surface area contributed by atoms with Crippen LogP contribution in [0.5, 0.6) is 0 Å².